The highest BCUT2D eigenvalue weighted by Gasteiger charge is 2.31. The molecule has 0 saturated heterocycles. The predicted octanol–water partition coefficient (Wildman–Crippen LogP) is 5.24. The molecule has 1 aliphatic heterocycles. The summed E-state index contributed by atoms with van der Waals surface area (Å²) in [5.74, 6) is 1.50. The molecule has 180 valence electrons. The van der Waals surface area contributed by atoms with Gasteiger partial charge in [0.05, 0.1) is 30.6 Å². The van der Waals surface area contributed by atoms with Gasteiger partial charge in [0.2, 0.25) is 5.78 Å². The molecule has 5 rings (SSSR count). The van der Waals surface area contributed by atoms with Crippen LogP contribution in [0.3, 0.4) is 0 Å². The summed E-state index contributed by atoms with van der Waals surface area (Å²) in [4.78, 5) is 7.93. The normalized spacial score (nSPS) is 15.9. The Morgan fingerprint density at radius 1 is 1.11 bits per heavy atom. The summed E-state index contributed by atoms with van der Waals surface area (Å²) in [6.45, 7) is 1.18. The van der Waals surface area contributed by atoms with Gasteiger partial charge in [-0.3, -0.25) is 4.40 Å². The first-order valence-corrected chi connectivity index (χ1v) is 11.1. The number of hydrogen-bond donors (Lipinski definition) is 1. The van der Waals surface area contributed by atoms with Gasteiger partial charge in [-0.25, -0.2) is 9.97 Å². The quantitative estimate of drug-likeness (QED) is 0.409. The van der Waals surface area contributed by atoms with Crippen LogP contribution < -0.4 is 14.8 Å². The summed E-state index contributed by atoms with van der Waals surface area (Å²) in [7, 11) is 1.60. The van der Waals surface area contributed by atoms with Crippen LogP contribution in [0.4, 0.5) is 13.2 Å². The van der Waals surface area contributed by atoms with Crippen LogP contribution in [-0.2, 0) is 19.2 Å². The van der Waals surface area contributed by atoms with Gasteiger partial charge in [0.15, 0.2) is 11.5 Å². The van der Waals surface area contributed by atoms with Crippen molar-refractivity contribution in [2.45, 2.75) is 25.2 Å². The van der Waals surface area contributed by atoms with Gasteiger partial charge in [0.1, 0.15) is 6.61 Å². The maximum atomic E-state index is 13.1. The van der Waals surface area contributed by atoms with Crippen LogP contribution in [0.15, 0.2) is 67.1 Å². The highest BCUT2D eigenvalue weighted by Crippen LogP contribution is 2.36. The second kappa shape index (κ2) is 9.42. The Hall–Kier alpha value is -3.85. The zero-order chi connectivity index (χ0) is 24.4. The Bertz CT molecular complexity index is 1370. The third-order valence-electron chi connectivity index (χ3n) is 5.94. The van der Waals surface area contributed by atoms with E-state index < -0.39 is 11.7 Å². The minimum Gasteiger partial charge on any atom is -0.493 e. The number of nitrogens with zero attached hydrogens (tertiary/aromatic N) is 3. The summed E-state index contributed by atoms with van der Waals surface area (Å²) < 4.78 is 52.4. The van der Waals surface area contributed by atoms with E-state index >= 15 is 0 Å². The average Bonchev–Trinajstić information content (AvgIpc) is 3.28. The number of fused-ring (bicyclic) bond motifs is 2. The van der Waals surface area contributed by atoms with Gasteiger partial charge in [-0.1, -0.05) is 36.4 Å². The molecule has 1 atom stereocenters. The molecule has 6 nitrogen and oxygen atoms in total. The maximum Gasteiger partial charge on any atom is 0.419 e. The number of imidazole rings is 1. The molecular formula is C26H23F3N4O2. The second-order valence-corrected chi connectivity index (χ2v) is 8.21. The number of aromatic nitrogens is 3. The molecule has 1 N–H and O–H groups in total. The molecule has 1 aliphatic rings. The molecule has 2 aromatic carbocycles. The molecule has 3 heterocycles. The largest absolute Gasteiger partial charge is 0.493 e. The zero-order valence-electron chi connectivity index (χ0n) is 18.9. The molecule has 0 bridgehead atoms. The van der Waals surface area contributed by atoms with E-state index in [0.29, 0.717) is 23.8 Å². The van der Waals surface area contributed by atoms with E-state index in [0.717, 1.165) is 42.0 Å². The first kappa shape index (κ1) is 22.9. The van der Waals surface area contributed by atoms with E-state index in [-0.39, 0.29) is 11.8 Å². The Morgan fingerprint density at radius 2 is 1.91 bits per heavy atom. The summed E-state index contributed by atoms with van der Waals surface area (Å²) in [6, 6.07) is 13.7. The van der Waals surface area contributed by atoms with Crippen LogP contribution in [-0.4, -0.2) is 28.0 Å². The maximum absolute atomic E-state index is 13.1. The molecule has 1 unspecified atom stereocenters. The van der Waals surface area contributed by atoms with Crippen molar-refractivity contribution >= 4 is 11.9 Å². The number of rotatable bonds is 6. The molecule has 2 aromatic heterocycles. The fourth-order valence-corrected chi connectivity index (χ4v) is 4.13. The smallest absolute Gasteiger partial charge is 0.419 e. The second-order valence-electron chi connectivity index (χ2n) is 8.21. The van der Waals surface area contributed by atoms with E-state index in [1.807, 2.05) is 48.5 Å². The molecular weight excluding hydrogens is 457 g/mol. The Labute approximate surface area is 200 Å². The lowest BCUT2D eigenvalue weighted by Crippen LogP contribution is -2.28. The lowest BCUT2D eigenvalue weighted by molar-refractivity contribution is -0.138. The molecule has 9 heteroatoms. The molecule has 35 heavy (non-hydrogen) atoms. The van der Waals surface area contributed by atoms with Crippen LogP contribution >= 0.6 is 0 Å². The SMILES string of the molecule is COc1cc2c(cc1OCc1ccccc1)CCNC2/C=C/c1cnc2ncc(C(F)(F)F)cn12. The van der Waals surface area contributed by atoms with Crippen LogP contribution in [0.5, 0.6) is 11.5 Å². The highest BCUT2D eigenvalue weighted by molar-refractivity contribution is 5.55. The van der Waals surface area contributed by atoms with E-state index in [1.165, 1.54) is 10.6 Å². The topological polar surface area (TPSA) is 60.7 Å². The number of ether oxygens (including phenoxy) is 2. The van der Waals surface area contributed by atoms with Crippen LogP contribution in [0.2, 0.25) is 0 Å². The molecule has 4 aromatic rings. The molecule has 0 aliphatic carbocycles. The zero-order valence-corrected chi connectivity index (χ0v) is 18.9. The number of halogens is 3. The molecule has 0 spiro atoms. The van der Waals surface area contributed by atoms with Crippen molar-refractivity contribution in [3.8, 4) is 11.5 Å². The summed E-state index contributed by atoms with van der Waals surface area (Å²) >= 11 is 0. The number of alkyl halides is 3. The number of hydrogen-bond acceptors (Lipinski definition) is 5. The molecule has 0 fully saturated rings. The van der Waals surface area contributed by atoms with Crippen molar-refractivity contribution in [3.63, 3.8) is 0 Å². The van der Waals surface area contributed by atoms with Crippen molar-refractivity contribution in [2.24, 2.45) is 0 Å². The van der Waals surface area contributed by atoms with Gasteiger partial charge in [0, 0.05) is 18.9 Å². The molecule has 0 saturated carbocycles. The van der Waals surface area contributed by atoms with Gasteiger partial charge < -0.3 is 14.8 Å². The Morgan fingerprint density at radius 3 is 2.69 bits per heavy atom. The Kier molecular flexibility index (Phi) is 6.17. The molecule has 0 radical (unpaired) electrons. The first-order chi connectivity index (χ1) is 16.9. The lowest BCUT2D eigenvalue weighted by Gasteiger charge is -2.26. The minimum absolute atomic E-state index is 0.153. The van der Waals surface area contributed by atoms with Crippen molar-refractivity contribution in [2.75, 3.05) is 13.7 Å². The number of methoxy groups -OCH3 is 1. The van der Waals surface area contributed by atoms with Crippen molar-refractivity contribution in [1.29, 1.82) is 0 Å². The fourth-order valence-electron chi connectivity index (χ4n) is 4.13. The van der Waals surface area contributed by atoms with Gasteiger partial charge in [-0.15, -0.1) is 0 Å². The molecule has 0 amide bonds. The van der Waals surface area contributed by atoms with Crippen LogP contribution in [0.1, 0.15) is 34.0 Å². The summed E-state index contributed by atoms with van der Waals surface area (Å²) in [5, 5.41) is 3.44. The van der Waals surface area contributed by atoms with Crippen LogP contribution in [0, 0.1) is 0 Å². The summed E-state index contributed by atoms with van der Waals surface area (Å²) in [6.07, 6.45) is 3.30. The average molecular weight is 480 g/mol. The van der Waals surface area contributed by atoms with Gasteiger partial charge in [-0.2, -0.15) is 13.2 Å². The standard InChI is InChI=1S/C26H23F3N4O2/c1-34-23-12-21-18(11-24(23)35-16-17-5-3-2-4-6-17)9-10-30-22(21)8-7-20-14-32-25-31-13-19(15-33(20)25)26(27,28)29/h2-8,11-15,22,30H,9-10,16H2,1H3/b8-7+. The predicted molar refractivity (Wildman–Crippen MR) is 125 cm³/mol. The van der Waals surface area contributed by atoms with E-state index in [9.17, 15) is 13.2 Å². The monoisotopic (exact) mass is 480 g/mol. The third kappa shape index (κ3) is 4.85. The van der Waals surface area contributed by atoms with E-state index in [4.69, 9.17) is 9.47 Å². The van der Waals surface area contributed by atoms with Gasteiger partial charge in [0.25, 0.3) is 0 Å². The highest BCUT2D eigenvalue weighted by atomic mass is 19.4. The lowest BCUT2D eigenvalue weighted by atomic mass is 9.93. The van der Waals surface area contributed by atoms with E-state index in [2.05, 4.69) is 15.3 Å². The third-order valence-corrected chi connectivity index (χ3v) is 5.94. The fraction of sp³-hybridized carbons (Fsp3) is 0.231. The number of benzene rings is 2. The minimum atomic E-state index is -4.48. The van der Waals surface area contributed by atoms with Gasteiger partial charge in [-0.05, 0) is 41.3 Å². The summed E-state index contributed by atoms with van der Waals surface area (Å²) in [5.41, 5.74) is 2.89. The van der Waals surface area contributed by atoms with Crippen molar-refractivity contribution in [1.82, 2.24) is 19.7 Å². The van der Waals surface area contributed by atoms with Crippen molar-refractivity contribution < 1.29 is 22.6 Å². The first-order valence-electron chi connectivity index (χ1n) is 11.1. The van der Waals surface area contributed by atoms with Crippen molar-refractivity contribution in [3.05, 3.63) is 95.1 Å². The number of nitrogens with one attached hydrogen (secondary N) is 1. The van der Waals surface area contributed by atoms with Gasteiger partial charge >= 0.3 is 6.18 Å². The van der Waals surface area contributed by atoms with Crippen LogP contribution in [0.25, 0.3) is 11.9 Å². The van der Waals surface area contributed by atoms with E-state index in [1.54, 1.807) is 13.2 Å². The Balaban J connectivity index is 1.41.